The van der Waals surface area contributed by atoms with Gasteiger partial charge in [0.1, 0.15) is 0 Å². The minimum Gasteiger partial charge on any atom is -0.418 e. The lowest BCUT2D eigenvalue weighted by molar-refractivity contribution is 0.0955. The Hall–Kier alpha value is 0.531. The van der Waals surface area contributed by atoms with Crippen molar-refractivity contribution >= 4 is 25.0 Å². The van der Waals surface area contributed by atoms with Crippen molar-refractivity contribution in [1.82, 2.24) is 0 Å². The first kappa shape index (κ1) is 19.5. The summed E-state index contributed by atoms with van der Waals surface area (Å²) >= 11 is 0. The first-order valence-corrected chi connectivity index (χ1v) is 17.5. The Kier molecular flexibility index (Phi) is 7.72. The Morgan fingerprint density at radius 2 is 1.16 bits per heavy atom. The fourth-order valence-corrected chi connectivity index (χ4v) is 4.12. The van der Waals surface area contributed by atoms with Gasteiger partial charge in [0.15, 0.2) is 25.0 Å². The molecule has 19 heavy (non-hydrogen) atoms. The van der Waals surface area contributed by atoms with Gasteiger partial charge in [-0.25, -0.2) is 0 Å². The van der Waals surface area contributed by atoms with Gasteiger partial charge in [0.2, 0.25) is 0 Å². The smallest absolute Gasteiger partial charge is 0.184 e. The van der Waals surface area contributed by atoms with E-state index in [0.717, 1.165) is 19.6 Å². The molecule has 1 unspecified atom stereocenters. The van der Waals surface area contributed by atoms with Crippen LogP contribution in [0.15, 0.2) is 0 Å². The molecule has 0 bridgehead atoms. The monoisotopic (exact) mass is 322 g/mol. The molecule has 0 fully saturated rings. The molecule has 3 nitrogen and oxygen atoms in total. The number of hydrogen-bond donors (Lipinski definition) is 0. The lowest BCUT2D eigenvalue weighted by Gasteiger charge is -2.30. The van der Waals surface area contributed by atoms with E-state index in [1.165, 1.54) is 0 Å². The molecular weight excluding hydrogens is 288 g/mol. The van der Waals surface area contributed by atoms with E-state index in [4.69, 9.17) is 13.3 Å². The van der Waals surface area contributed by atoms with E-state index < -0.39 is 25.0 Å². The third kappa shape index (κ3) is 14.7. The molecule has 0 heterocycles. The van der Waals surface area contributed by atoms with Crippen LogP contribution in [0.3, 0.4) is 0 Å². The van der Waals surface area contributed by atoms with Crippen LogP contribution in [0, 0.1) is 0 Å². The summed E-state index contributed by atoms with van der Waals surface area (Å²) in [7, 11) is -4.41. The van der Waals surface area contributed by atoms with Gasteiger partial charge in [-0.2, -0.15) is 0 Å². The van der Waals surface area contributed by atoms with Crippen molar-refractivity contribution in [3.8, 4) is 0 Å². The van der Waals surface area contributed by atoms with Gasteiger partial charge < -0.3 is 13.3 Å². The van der Waals surface area contributed by atoms with Crippen LogP contribution < -0.4 is 0 Å². The minimum atomic E-state index is -1.52. The molecule has 0 rings (SSSR count). The molecule has 6 heteroatoms. The van der Waals surface area contributed by atoms with E-state index in [1.807, 2.05) is 0 Å². The topological polar surface area (TPSA) is 27.7 Å². The first-order valence-electron chi connectivity index (χ1n) is 7.24. The average Bonchev–Trinajstić information content (AvgIpc) is 2.08. The quantitative estimate of drug-likeness (QED) is 0.592. The van der Waals surface area contributed by atoms with E-state index in [-0.39, 0.29) is 6.10 Å². The van der Waals surface area contributed by atoms with Crippen LogP contribution in [-0.2, 0) is 13.3 Å². The molecule has 0 N–H and O–H groups in total. The summed E-state index contributed by atoms with van der Waals surface area (Å²) in [4.78, 5) is 0. The largest absolute Gasteiger partial charge is 0.418 e. The fourth-order valence-electron chi connectivity index (χ4n) is 1.52. The molecule has 0 aromatic carbocycles. The van der Waals surface area contributed by atoms with Gasteiger partial charge in [-0.3, -0.25) is 0 Å². The highest BCUT2D eigenvalue weighted by atomic mass is 28.4. The number of hydrogen-bond acceptors (Lipinski definition) is 3. The molecule has 0 radical (unpaired) electrons. The van der Waals surface area contributed by atoms with Crippen molar-refractivity contribution in [2.75, 3.05) is 13.2 Å². The summed E-state index contributed by atoms with van der Waals surface area (Å²) in [5.74, 6) is 0. The summed E-state index contributed by atoms with van der Waals surface area (Å²) in [6.45, 7) is 21.5. The van der Waals surface area contributed by atoms with Gasteiger partial charge in [-0.15, -0.1) is 0 Å². The zero-order chi connectivity index (χ0) is 15.3. The van der Waals surface area contributed by atoms with Crippen LogP contribution in [0.25, 0.3) is 0 Å². The molecule has 0 aliphatic carbocycles. The molecule has 0 aliphatic rings. The zero-order valence-corrected chi connectivity index (χ0v) is 17.4. The Bertz CT molecular complexity index is 251. The molecule has 0 aromatic heterocycles. The van der Waals surface area contributed by atoms with Crippen molar-refractivity contribution in [3.63, 3.8) is 0 Å². The van der Waals surface area contributed by atoms with Crippen molar-refractivity contribution in [1.29, 1.82) is 0 Å². The Labute approximate surface area is 123 Å². The van der Waals surface area contributed by atoms with Crippen molar-refractivity contribution in [3.05, 3.63) is 0 Å². The summed E-state index contributed by atoms with van der Waals surface area (Å²) < 4.78 is 18.2. The predicted molar refractivity (Wildman–Crippen MR) is 91.4 cm³/mol. The Morgan fingerprint density at radius 1 is 0.684 bits per heavy atom. The van der Waals surface area contributed by atoms with E-state index in [0.29, 0.717) is 0 Å². The van der Waals surface area contributed by atoms with Gasteiger partial charge in [-0.1, -0.05) is 0 Å². The van der Waals surface area contributed by atoms with E-state index >= 15 is 0 Å². The predicted octanol–water partition coefficient (Wildman–Crippen LogP) is 4.30. The molecular formula is C13H34O3Si3. The second kappa shape index (κ2) is 7.51. The third-order valence-electron chi connectivity index (χ3n) is 2.20. The third-order valence-corrected chi connectivity index (χ3v) is 5.34. The Balaban J connectivity index is 4.27. The molecule has 1 atom stereocenters. The highest BCUT2D eigenvalue weighted by Crippen LogP contribution is 2.14. The van der Waals surface area contributed by atoms with Gasteiger partial charge in [0.05, 0.1) is 12.7 Å². The lowest BCUT2D eigenvalue weighted by atomic mass is 10.3. The fraction of sp³-hybridized carbons (Fsp3) is 1.00. The minimum absolute atomic E-state index is 0.190. The second-order valence-corrected chi connectivity index (χ2v) is 21.5. The van der Waals surface area contributed by atoms with Gasteiger partial charge in [0.25, 0.3) is 0 Å². The molecule has 0 spiro atoms. The van der Waals surface area contributed by atoms with Crippen molar-refractivity contribution < 1.29 is 13.3 Å². The van der Waals surface area contributed by atoms with Gasteiger partial charge in [-0.05, 0) is 65.3 Å². The lowest BCUT2D eigenvalue weighted by Crippen LogP contribution is -2.39. The first-order chi connectivity index (χ1) is 8.29. The van der Waals surface area contributed by atoms with Gasteiger partial charge in [0, 0.05) is 6.61 Å². The van der Waals surface area contributed by atoms with Crippen LogP contribution >= 0.6 is 0 Å². The van der Waals surface area contributed by atoms with Crippen LogP contribution in [0.5, 0.6) is 0 Å². The molecule has 0 aliphatic heterocycles. The molecule has 116 valence electrons. The second-order valence-electron chi connectivity index (χ2n) is 8.03. The van der Waals surface area contributed by atoms with E-state index in [2.05, 4.69) is 58.9 Å². The van der Waals surface area contributed by atoms with Crippen molar-refractivity contribution in [2.45, 2.75) is 71.4 Å². The molecule has 0 amide bonds. The van der Waals surface area contributed by atoms with Gasteiger partial charge >= 0.3 is 0 Å². The normalized spacial score (nSPS) is 15.6. The SMILES string of the molecule is C[Si](C)(C)OCCC(CO[Si](C)(C)C)O[Si](C)(C)C. The average molecular weight is 323 g/mol. The highest BCUT2D eigenvalue weighted by molar-refractivity contribution is 6.70. The van der Waals surface area contributed by atoms with Crippen LogP contribution in [-0.4, -0.2) is 44.3 Å². The zero-order valence-electron chi connectivity index (χ0n) is 14.4. The standard InChI is InChI=1S/C13H34O3Si3/c1-17(2,3)14-11-10-13(16-19(7,8)9)12-15-18(4,5)6/h13H,10-12H2,1-9H3. The highest BCUT2D eigenvalue weighted by Gasteiger charge is 2.24. The van der Waals surface area contributed by atoms with E-state index in [1.54, 1.807) is 0 Å². The summed E-state index contributed by atoms with van der Waals surface area (Å²) in [5, 5.41) is 0. The summed E-state index contributed by atoms with van der Waals surface area (Å²) in [5.41, 5.74) is 0. The summed E-state index contributed by atoms with van der Waals surface area (Å²) in [6.07, 6.45) is 1.13. The number of rotatable bonds is 9. The van der Waals surface area contributed by atoms with Crippen LogP contribution in [0.2, 0.25) is 58.9 Å². The maximum atomic E-state index is 6.22. The van der Waals surface area contributed by atoms with E-state index in [9.17, 15) is 0 Å². The maximum absolute atomic E-state index is 6.22. The van der Waals surface area contributed by atoms with Crippen LogP contribution in [0.1, 0.15) is 6.42 Å². The molecule has 0 aromatic rings. The Morgan fingerprint density at radius 3 is 1.53 bits per heavy atom. The van der Waals surface area contributed by atoms with Crippen molar-refractivity contribution in [2.24, 2.45) is 0 Å². The molecule has 0 saturated heterocycles. The van der Waals surface area contributed by atoms with Crippen LogP contribution in [0.4, 0.5) is 0 Å². The maximum Gasteiger partial charge on any atom is 0.184 e. The molecule has 0 saturated carbocycles. The summed E-state index contributed by atoms with van der Waals surface area (Å²) in [6, 6.07) is 0.